The predicted molar refractivity (Wildman–Crippen MR) is 176 cm³/mol. The summed E-state index contributed by atoms with van der Waals surface area (Å²) in [4.78, 5) is 28.9. The molecule has 2 N–H and O–H groups in total. The smallest absolute Gasteiger partial charge is 0.247 e. The number of hydrogen-bond acceptors (Lipinski definition) is 8. The van der Waals surface area contributed by atoms with E-state index in [2.05, 4.69) is 48.9 Å². The Morgan fingerprint density at radius 3 is 2.44 bits per heavy atom. The van der Waals surface area contributed by atoms with Crippen LogP contribution in [0.5, 0.6) is 5.75 Å². The summed E-state index contributed by atoms with van der Waals surface area (Å²) < 4.78 is 21.3. The van der Waals surface area contributed by atoms with E-state index in [0.29, 0.717) is 34.8 Å². The molecule has 11 heteroatoms. The second-order valence-corrected chi connectivity index (χ2v) is 11.5. The van der Waals surface area contributed by atoms with Gasteiger partial charge >= 0.3 is 0 Å². The van der Waals surface area contributed by atoms with E-state index in [1.165, 1.54) is 18.2 Å². The zero-order valence-electron chi connectivity index (χ0n) is 25.7. The van der Waals surface area contributed by atoms with Gasteiger partial charge in [0.25, 0.3) is 0 Å². The number of aromatic nitrogens is 3. The molecule has 2 aliphatic rings. The van der Waals surface area contributed by atoms with Gasteiger partial charge in [-0.25, -0.2) is 14.4 Å². The summed E-state index contributed by atoms with van der Waals surface area (Å²) in [6.07, 6.45) is 8.66. The van der Waals surface area contributed by atoms with Crippen LogP contribution in [0.3, 0.4) is 0 Å². The van der Waals surface area contributed by atoms with Crippen LogP contribution in [0.25, 0.3) is 17.1 Å². The van der Waals surface area contributed by atoms with Gasteiger partial charge in [-0.1, -0.05) is 6.58 Å². The number of piperazine rings is 1. The molecule has 0 aliphatic carbocycles. The first-order valence-electron chi connectivity index (χ1n) is 15.3. The topological polar surface area (TPSA) is 90.8 Å². The van der Waals surface area contributed by atoms with Crippen LogP contribution in [0.4, 0.5) is 27.3 Å². The van der Waals surface area contributed by atoms with Gasteiger partial charge in [0.1, 0.15) is 23.2 Å². The highest BCUT2D eigenvalue weighted by molar-refractivity contribution is 6.02. The fraction of sp³-hybridized carbons (Fsp3) is 0.324. The zero-order chi connectivity index (χ0) is 31.3. The monoisotopic (exact) mass is 610 g/mol. The van der Waals surface area contributed by atoms with Crippen molar-refractivity contribution in [3.8, 4) is 22.8 Å². The highest BCUT2D eigenvalue weighted by atomic mass is 19.1. The van der Waals surface area contributed by atoms with Gasteiger partial charge < -0.3 is 25.2 Å². The van der Waals surface area contributed by atoms with Crippen molar-refractivity contribution in [3.05, 3.63) is 85.6 Å². The normalized spacial score (nSPS) is 16.4. The Hall–Kier alpha value is -4.74. The lowest BCUT2D eigenvalue weighted by Crippen LogP contribution is -2.52. The summed E-state index contributed by atoms with van der Waals surface area (Å²) >= 11 is 0. The van der Waals surface area contributed by atoms with E-state index in [-0.39, 0.29) is 11.7 Å². The summed E-state index contributed by atoms with van der Waals surface area (Å²) in [5.74, 6) is 1.30. The van der Waals surface area contributed by atoms with Gasteiger partial charge in [-0.3, -0.25) is 14.3 Å². The van der Waals surface area contributed by atoms with Crippen LogP contribution in [0, 0.1) is 5.82 Å². The van der Waals surface area contributed by atoms with Crippen molar-refractivity contribution in [2.75, 3.05) is 69.0 Å². The SMILES string of the molecule is C=CC(=O)Nc1cc(Nc2cc(-n3ccnc3-c3ccc(F)cc3)ccn2)c(OC)cc1N1CCC(N2CCN(C)CC2)CC1. The van der Waals surface area contributed by atoms with Gasteiger partial charge in [-0.05, 0) is 62.4 Å². The van der Waals surface area contributed by atoms with Crippen molar-refractivity contribution < 1.29 is 13.9 Å². The Labute approximate surface area is 263 Å². The molecule has 0 spiro atoms. The van der Waals surface area contributed by atoms with Gasteiger partial charge in [0.05, 0.1) is 29.9 Å². The van der Waals surface area contributed by atoms with Gasteiger partial charge in [0.2, 0.25) is 5.91 Å². The fourth-order valence-electron chi connectivity index (χ4n) is 6.14. The number of pyridine rings is 1. The van der Waals surface area contributed by atoms with Crippen LogP contribution in [-0.2, 0) is 4.79 Å². The van der Waals surface area contributed by atoms with Gasteiger partial charge in [0, 0.05) is 81.6 Å². The van der Waals surface area contributed by atoms with Crippen molar-refractivity contribution >= 4 is 28.8 Å². The van der Waals surface area contributed by atoms with Crippen LogP contribution >= 0.6 is 0 Å². The molecule has 45 heavy (non-hydrogen) atoms. The molecule has 0 atom stereocenters. The highest BCUT2D eigenvalue weighted by Crippen LogP contribution is 2.40. The van der Waals surface area contributed by atoms with Crippen molar-refractivity contribution in [2.45, 2.75) is 18.9 Å². The summed E-state index contributed by atoms with van der Waals surface area (Å²) in [5, 5.41) is 6.39. The Kier molecular flexibility index (Phi) is 9.08. The minimum absolute atomic E-state index is 0.284. The number of benzene rings is 2. The van der Waals surface area contributed by atoms with Crippen molar-refractivity contribution in [2.24, 2.45) is 0 Å². The molecule has 0 radical (unpaired) electrons. The first kappa shape index (κ1) is 30.3. The lowest BCUT2D eigenvalue weighted by atomic mass is 10.0. The van der Waals surface area contributed by atoms with E-state index in [1.807, 2.05) is 35.0 Å². The van der Waals surface area contributed by atoms with Crippen LogP contribution in [0.15, 0.2) is 79.8 Å². The number of rotatable bonds is 9. The van der Waals surface area contributed by atoms with Crippen LogP contribution in [0.2, 0.25) is 0 Å². The fourth-order valence-corrected chi connectivity index (χ4v) is 6.14. The Morgan fingerprint density at radius 2 is 1.73 bits per heavy atom. The number of halogens is 1. The summed E-state index contributed by atoms with van der Waals surface area (Å²) in [6.45, 7) is 9.86. The molecular weight excluding hydrogens is 571 g/mol. The molecule has 2 saturated heterocycles. The number of hydrogen-bond donors (Lipinski definition) is 2. The lowest BCUT2D eigenvalue weighted by Gasteiger charge is -2.43. The number of carbonyl (C=O) groups excluding carboxylic acids is 1. The van der Waals surface area contributed by atoms with Crippen molar-refractivity contribution in [1.29, 1.82) is 0 Å². The van der Waals surface area contributed by atoms with E-state index >= 15 is 0 Å². The zero-order valence-corrected chi connectivity index (χ0v) is 25.7. The molecule has 0 unspecified atom stereocenters. The Bertz CT molecular complexity index is 1640. The summed E-state index contributed by atoms with van der Waals surface area (Å²) in [5.41, 5.74) is 3.85. The van der Waals surface area contributed by atoms with Crippen LogP contribution in [-0.4, -0.2) is 89.7 Å². The first-order chi connectivity index (χ1) is 21.9. The van der Waals surface area contributed by atoms with E-state index in [9.17, 15) is 9.18 Å². The number of methoxy groups -OCH3 is 1. The highest BCUT2D eigenvalue weighted by Gasteiger charge is 2.28. The number of likely N-dealkylation sites (N-methyl/N-ethyl adjacent to an activating group) is 1. The van der Waals surface area contributed by atoms with E-state index in [0.717, 1.165) is 69.0 Å². The molecule has 6 rings (SSSR count). The predicted octanol–water partition coefficient (Wildman–Crippen LogP) is 5.17. The van der Waals surface area contributed by atoms with E-state index < -0.39 is 0 Å². The molecule has 4 heterocycles. The summed E-state index contributed by atoms with van der Waals surface area (Å²) in [6, 6.07) is 14.5. The molecule has 10 nitrogen and oxygen atoms in total. The van der Waals surface area contributed by atoms with Gasteiger partial charge in [-0.2, -0.15) is 0 Å². The second kappa shape index (κ2) is 13.5. The van der Waals surface area contributed by atoms with Gasteiger partial charge in [-0.15, -0.1) is 0 Å². The quantitative estimate of drug-likeness (QED) is 0.251. The maximum absolute atomic E-state index is 13.5. The maximum atomic E-state index is 13.5. The number of nitrogens with one attached hydrogen (secondary N) is 2. The third-order valence-corrected chi connectivity index (χ3v) is 8.65. The maximum Gasteiger partial charge on any atom is 0.247 e. The molecular formula is C34H39FN8O2. The molecule has 2 aromatic carbocycles. The largest absolute Gasteiger partial charge is 0.494 e. The number of ether oxygens (including phenoxy) is 1. The number of anilines is 4. The summed E-state index contributed by atoms with van der Waals surface area (Å²) in [7, 11) is 3.82. The molecule has 234 valence electrons. The van der Waals surface area contributed by atoms with Gasteiger partial charge in [0.15, 0.2) is 0 Å². The molecule has 2 aromatic heterocycles. The minimum Gasteiger partial charge on any atom is -0.494 e. The average Bonchev–Trinajstić information content (AvgIpc) is 3.56. The third-order valence-electron chi connectivity index (χ3n) is 8.65. The number of carbonyl (C=O) groups is 1. The number of piperidine rings is 1. The lowest BCUT2D eigenvalue weighted by molar-refractivity contribution is -0.111. The Morgan fingerprint density at radius 1 is 0.978 bits per heavy atom. The molecule has 0 bridgehead atoms. The molecule has 4 aromatic rings. The van der Waals surface area contributed by atoms with Crippen molar-refractivity contribution in [3.63, 3.8) is 0 Å². The second-order valence-electron chi connectivity index (χ2n) is 11.5. The number of nitrogens with zero attached hydrogens (tertiary/aromatic N) is 6. The molecule has 1 amide bonds. The average molecular weight is 611 g/mol. The molecule has 0 saturated carbocycles. The minimum atomic E-state index is -0.300. The van der Waals surface area contributed by atoms with Crippen LogP contribution < -0.4 is 20.3 Å². The van der Waals surface area contributed by atoms with E-state index in [4.69, 9.17) is 4.74 Å². The van der Waals surface area contributed by atoms with E-state index in [1.54, 1.807) is 31.6 Å². The molecule has 2 fully saturated rings. The number of amides is 1. The standard InChI is InChI=1S/C34H39FN8O2/c1-4-33(44)39-28-22-29(31(45-3)23-30(28)42-14-10-26(11-15-42)41-19-17-40(2)18-20-41)38-32-21-27(9-12-36-32)43-16-13-37-34(43)24-5-7-25(35)8-6-24/h4-9,12-13,16,21-23,26H,1,10-11,14-15,17-20H2,2-3H3,(H,36,38)(H,39,44). The van der Waals surface area contributed by atoms with Crippen molar-refractivity contribution in [1.82, 2.24) is 24.3 Å². The molecule has 2 aliphatic heterocycles. The Balaban J connectivity index is 1.25. The first-order valence-corrected chi connectivity index (χ1v) is 15.3. The van der Waals surface area contributed by atoms with Crippen LogP contribution in [0.1, 0.15) is 12.8 Å². The number of imidazole rings is 1. The third kappa shape index (κ3) is 6.84.